The molecule has 3 rings (SSSR count). The summed E-state index contributed by atoms with van der Waals surface area (Å²) in [7, 11) is 1.70. The Kier molecular flexibility index (Phi) is 4.14. The standard InChI is InChI=1S/C17H16N2O4/c1-19-14-9-12(7-8-15(14)22-11-16(19)20)10-18-17(21)23-13-5-3-2-4-6-13/h2-9H,10-11H2,1H3,(H,18,21). The molecule has 0 radical (unpaired) electrons. The van der Waals surface area contributed by atoms with Crippen LogP contribution < -0.4 is 19.7 Å². The van der Waals surface area contributed by atoms with E-state index in [2.05, 4.69) is 5.32 Å². The molecule has 0 fully saturated rings. The molecule has 1 aliphatic heterocycles. The van der Waals surface area contributed by atoms with Crippen LogP contribution in [0.15, 0.2) is 48.5 Å². The summed E-state index contributed by atoms with van der Waals surface area (Å²) in [6, 6.07) is 14.3. The number of para-hydroxylation sites is 1. The number of hydrogen-bond acceptors (Lipinski definition) is 4. The molecule has 0 unspecified atom stereocenters. The zero-order chi connectivity index (χ0) is 16.2. The molecule has 0 aliphatic carbocycles. The summed E-state index contributed by atoms with van der Waals surface area (Å²) >= 11 is 0. The average molecular weight is 312 g/mol. The molecular weight excluding hydrogens is 296 g/mol. The lowest BCUT2D eigenvalue weighted by molar-refractivity contribution is -0.120. The van der Waals surface area contributed by atoms with E-state index in [1.807, 2.05) is 18.2 Å². The minimum atomic E-state index is -0.533. The highest BCUT2D eigenvalue weighted by molar-refractivity contribution is 5.97. The maximum atomic E-state index is 11.8. The van der Waals surface area contributed by atoms with Gasteiger partial charge in [-0.05, 0) is 29.8 Å². The number of carbonyl (C=O) groups is 2. The van der Waals surface area contributed by atoms with Crippen molar-refractivity contribution in [1.82, 2.24) is 5.32 Å². The van der Waals surface area contributed by atoms with E-state index in [4.69, 9.17) is 9.47 Å². The van der Waals surface area contributed by atoms with Gasteiger partial charge < -0.3 is 19.7 Å². The van der Waals surface area contributed by atoms with Gasteiger partial charge in [-0.15, -0.1) is 0 Å². The minimum absolute atomic E-state index is 0.0461. The molecule has 1 heterocycles. The molecule has 0 spiro atoms. The summed E-state index contributed by atoms with van der Waals surface area (Å²) in [5, 5.41) is 2.67. The molecule has 0 saturated carbocycles. The van der Waals surface area contributed by atoms with Crippen molar-refractivity contribution in [2.24, 2.45) is 0 Å². The van der Waals surface area contributed by atoms with Gasteiger partial charge in [0.1, 0.15) is 11.5 Å². The lowest BCUT2D eigenvalue weighted by Crippen LogP contribution is -2.35. The van der Waals surface area contributed by atoms with Crippen LogP contribution in [0, 0.1) is 0 Å². The molecule has 2 amide bonds. The van der Waals surface area contributed by atoms with Crippen molar-refractivity contribution in [3.8, 4) is 11.5 Å². The van der Waals surface area contributed by atoms with Crippen LogP contribution in [0.3, 0.4) is 0 Å². The number of hydrogen-bond donors (Lipinski definition) is 1. The molecule has 2 aromatic rings. The quantitative estimate of drug-likeness (QED) is 0.944. The number of ether oxygens (including phenoxy) is 2. The molecule has 0 bridgehead atoms. The highest BCUT2D eigenvalue weighted by Crippen LogP contribution is 2.31. The van der Waals surface area contributed by atoms with Crippen molar-refractivity contribution in [2.75, 3.05) is 18.6 Å². The Balaban J connectivity index is 1.63. The first-order chi connectivity index (χ1) is 11.1. The number of benzene rings is 2. The van der Waals surface area contributed by atoms with Gasteiger partial charge >= 0.3 is 6.09 Å². The third-order valence-electron chi connectivity index (χ3n) is 3.50. The maximum Gasteiger partial charge on any atom is 0.412 e. The Morgan fingerprint density at radius 1 is 1.26 bits per heavy atom. The number of likely N-dealkylation sites (N-methyl/N-ethyl adjacent to an activating group) is 1. The van der Waals surface area contributed by atoms with Gasteiger partial charge in [0.2, 0.25) is 0 Å². The first-order valence-corrected chi connectivity index (χ1v) is 7.16. The SMILES string of the molecule is CN1C(=O)COc2ccc(CNC(=O)Oc3ccccc3)cc21. The summed E-state index contributed by atoms with van der Waals surface area (Å²) in [5.41, 5.74) is 1.54. The fourth-order valence-electron chi connectivity index (χ4n) is 2.23. The summed E-state index contributed by atoms with van der Waals surface area (Å²) in [5.74, 6) is 1.03. The Labute approximate surface area is 133 Å². The normalized spacial score (nSPS) is 13.1. The number of carbonyl (C=O) groups excluding carboxylic acids is 2. The van der Waals surface area contributed by atoms with Crippen LogP contribution in [0.2, 0.25) is 0 Å². The number of anilines is 1. The number of nitrogens with one attached hydrogen (secondary N) is 1. The first-order valence-electron chi connectivity index (χ1n) is 7.16. The molecule has 23 heavy (non-hydrogen) atoms. The van der Waals surface area contributed by atoms with E-state index in [-0.39, 0.29) is 12.5 Å². The van der Waals surface area contributed by atoms with E-state index in [9.17, 15) is 9.59 Å². The highest BCUT2D eigenvalue weighted by atomic mass is 16.6. The lowest BCUT2D eigenvalue weighted by atomic mass is 10.1. The summed E-state index contributed by atoms with van der Waals surface area (Å²) < 4.78 is 10.5. The van der Waals surface area contributed by atoms with Gasteiger partial charge in [-0.2, -0.15) is 0 Å². The second-order valence-electron chi connectivity index (χ2n) is 5.10. The van der Waals surface area contributed by atoms with Gasteiger partial charge in [-0.3, -0.25) is 4.79 Å². The van der Waals surface area contributed by atoms with Crippen LogP contribution in [0.25, 0.3) is 0 Å². The van der Waals surface area contributed by atoms with Crippen LogP contribution in [0.1, 0.15) is 5.56 Å². The average Bonchev–Trinajstić information content (AvgIpc) is 2.57. The topological polar surface area (TPSA) is 67.9 Å². The molecule has 1 N–H and O–H groups in total. The van der Waals surface area contributed by atoms with Crippen LogP contribution >= 0.6 is 0 Å². The van der Waals surface area contributed by atoms with Crippen molar-refractivity contribution in [3.05, 3.63) is 54.1 Å². The first kappa shape index (κ1) is 14.9. The van der Waals surface area contributed by atoms with Gasteiger partial charge in [0.15, 0.2) is 6.61 Å². The lowest BCUT2D eigenvalue weighted by Gasteiger charge is -2.26. The Morgan fingerprint density at radius 3 is 2.83 bits per heavy atom. The van der Waals surface area contributed by atoms with Gasteiger partial charge in [0.25, 0.3) is 5.91 Å². The molecule has 6 heteroatoms. The number of amides is 2. The highest BCUT2D eigenvalue weighted by Gasteiger charge is 2.22. The summed E-state index contributed by atoms with van der Waals surface area (Å²) in [4.78, 5) is 25.0. The molecule has 1 aliphatic rings. The van der Waals surface area contributed by atoms with E-state index in [1.54, 1.807) is 42.3 Å². The zero-order valence-corrected chi connectivity index (χ0v) is 12.6. The van der Waals surface area contributed by atoms with E-state index in [0.717, 1.165) is 5.56 Å². The van der Waals surface area contributed by atoms with Crippen LogP contribution in [0.4, 0.5) is 10.5 Å². The largest absolute Gasteiger partial charge is 0.482 e. The van der Waals surface area contributed by atoms with Gasteiger partial charge in [-0.25, -0.2) is 4.79 Å². The second-order valence-corrected chi connectivity index (χ2v) is 5.10. The van der Waals surface area contributed by atoms with Crippen molar-refractivity contribution in [3.63, 3.8) is 0 Å². The van der Waals surface area contributed by atoms with Gasteiger partial charge in [0.05, 0.1) is 5.69 Å². The molecule has 6 nitrogen and oxygen atoms in total. The van der Waals surface area contributed by atoms with Crippen molar-refractivity contribution in [2.45, 2.75) is 6.54 Å². The van der Waals surface area contributed by atoms with Crippen molar-refractivity contribution < 1.29 is 19.1 Å². The molecular formula is C17H16N2O4. The third kappa shape index (κ3) is 3.42. The summed E-state index contributed by atoms with van der Waals surface area (Å²) in [6.07, 6.45) is -0.533. The van der Waals surface area contributed by atoms with Crippen LogP contribution in [0.5, 0.6) is 11.5 Å². The maximum absolute atomic E-state index is 11.8. The smallest absolute Gasteiger partial charge is 0.412 e. The molecule has 118 valence electrons. The van der Waals surface area contributed by atoms with Crippen molar-refractivity contribution in [1.29, 1.82) is 0 Å². The molecule has 2 aromatic carbocycles. The van der Waals surface area contributed by atoms with E-state index in [1.165, 1.54) is 0 Å². The molecule has 0 saturated heterocycles. The third-order valence-corrected chi connectivity index (χ3v) is 3.50. The van der Waals surface area contributed by atoms with E-state index in [0.29, 0.717) is 23.7 Å². The van der Waals surface area contributed by atoms with E-state index < -0.39 is 6.09 Å². The zero-order valence-electron chi connectivity index (χ0n) is 12.6. The van der Waals surface area contributed by atoms with Crippen LogP contribution in [-0.4, -0.2) is 25.7 Å². The van der Waals surface area contributed by atoms with Gasteiger partial charge in [0, 0.05) is 13.6 Å². The predicted molar refractivity (Wildman–Crippen MR) is 84.7 cm³/mol. The Bertz CT molecular complexity index is 731. The Morgan fingerprint density at radius 2 is 2.04 bits per heavy atom. The number of fused-ring (bicyclic) bond motifs is 1. The molecule has 0 atom stereocenters. The van der Waals surface area contributed by atoms with Crippen LogP contribution in [-0.2, 0) is 11.3 Å². The van der Waals surface area contributed by atoms with Crippen molar-refractivity contribution >= 4 is 17.7 Å². The number of rotatable bonds is 3. The monoisotopic (exact) mass is 312 g/mol. The molecule has 0 aromatic heterocycles. The summed E-state index contributed by atoms with van der Waals surface area (Å²) in [6.45, 7) is 0.339. The fourth-order valence-corrected chi connectivity index (χ4v) is 2.23. The van der Waals surface area contributed by atoms with E-state index >= 15 is 0 Å². The number of nitrogens with zero attached hydrogens (tertiary/aromatic N) is 1. The predicted octanol–water partition coefficient (Wildman–Crippen LogP) is 2.33. The van der Waals surface area contributed by atoms with Gasteiger partial charge in [-0.1, -0.05) is 24.3 Å². The Hall–Kier alpha value is -3.02. The second kappa shape index (κ2) is 6.39. The minimum Gasteiger partial charge on any atom is -0.482 e. The fraction of sp³-hybridized carbons (Fsp3) is 0.176.